The van der Waals surface area contributed by atoms with Gasteiger partial charge in [-0.1, -0.05) is 13.0 Å². The molecule has 2 rings (SSSR count). The van der Waals surface area contributed by atoms with Crippen LogP contribution in [0.1, 0.15) is 67.4 Å². The number of hydrogen-bond donors (Lipinski definition) is 2. The minimum absolute atomic E-state index is 0.0462. The number of nitrogens with zero attached hydrogens (tertiary/aromatic N) is 2. The molecule has 3 amide bonds. The fourth-order valence-corrected chi connectivity index (χ4v) is 4.79. The topological polar surface area (TPSA) is 108 Å². The van der Waals surface area contributed by atoms with Crippen molar-refractivity contribution in [2.75, 3.05) is 23.3 Å². The number of urea groups is 1. The minimum Gasteiger partial charge on any atom is -0.379 e. The Morgan fingerprint density at radius 2 is 1.61 bits per heavy atom. The third-order valence-electron chi connectivity index (χ3n) is 6.05. The van der Waals surface area contributed by atoms with Crippen molar-refractivity contribution in [2.45, 2.75) is 84.8 Å². The molecule has 0 saturated heterocycles. The third kappa shape index (κ3) is 8.65. The van der Waals surface area contributed by atoms with E-state index in [1.807, 2.05) is 60.6 Å². The number of rotatable bonds is 11. The van der Waals surface area contributed by atoms with Gasteiger partial charge in [-0.3, -0.25) is 4.79 Å². The maximum atomic E-state index is 13.3. The van der Waals surface area contributed by atoms with Gasteiger partial charge in [0.2, 0.25) is 5.91 Å². The average Bonchev–Trinajstić information content (AvgIpc) is 2.82. The number of carbonyl (C=O) groups is 2. The molecule has 2 N–H and O–H groups in total. The molecule has 0 aliphatic heterocycles. The molecule has 0 heterocycles. The zero-order chi connectivity index (χ0) is 28.7. The quantitative estimate of drug-likeness (QED) is 0.367. The predicted molar refractivity (Wildman–Crippen MR) is 152 cm³/mol. The third-order valence-corrected chi connectivity index (χ3v) is 7.30. The van der Waals surface area contributed by atoms with Crippen molar-refractivity contribution in [2.24, 2.45) is 0 Å². The van der Waals surface area contributed by atoms with Crippen molar-refractivity contribution in [3.63, 3.8) is 0 Å². The van der Waals surface area contributed by atoms with Gasteiger partial charge in [0.15, 0.2) is 0 Å². The van der Waals surface area contributed by atoms with Crippen molar-refractivity contribution in [1.29, 1.82) is 0 Å². The van der Waals surface area contributed by atoms with Crippen LogP contribution in [0.4, 0.5) is 16.2 Å². The lowest BCUT2D eigenvalue weighted by atomic mass is 10.1. The molecule has 0 aromatic heterocycles. The molecule has 2 aromatic rings. The molecule has 210 valence electrons. The van der Waals surface area contributed by atoms with E-state index in [2.05, 4.69) is 15.5 Å². The molecule has 0 aliphatic carbocycles. The summed E-state index contributed by atoms with van der Waals surface area (Å²) in [5.41, 5.74) is 1.44. The van der Waals surface area contributed by atoms with Gasteiger partial charge in [0.05, 0.1) is 6.54 Å². The second kappa shape index (κ2) is 13.0. The molecule has 0 radical (unpaired) electrons. The molecule has 9 nitrogen and oxygen atoms in total. The Labute approximate surface area is 227 Å². The summed E-state index contributed by atoms with van der Waals surface area (Å²) < 4.78 is 32.3. The van der Waals surface area contributed by atoms with Gasteiger partial charge in [0, 0.05) is 54.6 Å². The lowest BCUT2D eigenvalue weighted by molar-refractivity contribution is -0.114. The average molecular weight is 547 g/mol. The van der Waals surface area contributed by atoms with Crippen molar-refractivity contribution < 1.29 is 22.2 Å². The van der Waals surface area contributed by atoms with Crippen LogP contribution >= 0.6 is 0 Å². The van der Waals surface area contributed by atoms with E-state index in [4.69, 9.17) is 4.18 Å². The zero-order valence-electron chi connectivity index (χ0n) is 23.8. The first-order valence-corrected chi connectivity index (χ1v) is 14.4. The van der Waals surface area contributed by atoms with E-state index >= 15 is 0 Å². The summed E-state index contributed by atoms with van der Waals surface area (Å²) in [5.74, 6) is -0.0896. The summed E-state index contributed by atoms with van der Waals surface area (Å²) in [6.45, 7) is 16.8. The number of carbonyl (C=O) groups excluding carboxylic acids is 2. The van der Waals surface area contributed by atoms with Crippen LogP contribution in [0, 0.1) is 0 Å². The zero-order valence-corrected chi connectivity index (χ0v) is 24.6. The maximum absolute atomic E-state index is 13.3. The van der Waals surface area contributed by atoms with E-state index in [1.165, 1.54) is 31.2 Å². The Hall–Kier alpha value is -3.27. The van der Waals surface area contributed by atoms with Gasteiger partial charge in [0.25, 0.3) is 0 Å². The summed E-state index contributed by atoms with van der Waals surface area (Å²) in [4.78, 5) is 28.2. The molecular weight excluding hydrogens is 504 g/mol. The largest absolute Gasteiger partial charge is 0.379 e. The molecule has 0 unspecified atom stereocenters. The highest BCUT2D eigenvalue weighted by Crippen LogP contribution is 2.31. The Kier molecular flexibility index (Phi) is 10.6. The van der Waals surface area contributed by atoms with Gasteiger partial charge in [-0.05, 0) is 78.3 Å². The standard InChI is InChI=1S/C28H42N4O5S/c1-9-20(4)32(27(34)30-28(6,7)8)19-22-12-15-24(31(10-2)11-3)18-26(22)37-38(35,36)25-16-13-23(14-17-25)29-21(5)33/h12-18,20H,9-11,19H2,1-8H3,(H,29,33)(H,30,34)/t20-/m1/s1. The van der Waals surface area contributed by atoms with Crippen LogP contribution in [-0.2, 0) is 21.5 Å². The first-order valence-electron chi connectivity index (χ1n) is 13.0. The second-order valence-electron chi connectivity index (χ2n) is 10.3. The van der Waals surface area contributed by atoms with Gasteiger partial charge >= 0.3 is 16.1 Å². The lowest BCUT2D eigenvalue weighted by Gasteiger charge is -2.33. The minimum atomic E-state index is -4.20. The first-order chi connectivity index (χ1) is 17.7. The number of anilines is 2. The van der Waals surface area contributed by atoms with E-state index in [-0.39, 0.29) is 35.2 Å². The number of benzene rings is 2. The van der Waals surface area contributed by atoms with E-state index < -0.39 is 15.7 Å². The first kappa shape index (κ1) is 31.0. The van der Waals surface area contributed by atoms with Gasteiger partial charge in [-0.25, -0.2) is 4.79 Å². The fraction of sp³-hybridized carbons (Fsp3) is 0.500. The molecule has 0 aliphatic rings. The van der Waals surface area contributed by atoms with E-state index in [1.54, 1.807) is 11.0 Å². The molecule has 0 fully saturated rings. The van der Waals surface area contributed by atoms with Crippen molar-refractivity contribution in [3.05, 3.63) is 48.0 Å². The fourth-order valence-electron chi connectivity index (χ4n) is 3.84. The molecule has 10 heteroatoms. The highest BCUT2D eigenvalue weighted by atomic mass is 32.2. The normalized spacial score (nSPS) is 12.4. The van der Waals surface area contributed by atoms with Crippen LogP contribution in [-0.4, -0.2) is 49.9 Å². The summed E-state index contributed by atoms with van der Waals surface area (Å²) >= 11 is 0. The van der Waals surface area contributed by atoms with Crippen molar-refractivity contribution >= 4 is 33.4 Å². The summed E-state index contributed by atoms with van der Waals surface area (Å²) in [6.07, 6.45) is 0.726. The SMILES string of the molecule is CC[C@@H](C)N(Cc1ccc(N(CC)CC)cc1OS(=O)(=O)c1ccc(NC(C)=O)cc1)C(=O)NC(C)(C)C. The maximum Gasteiger partial charge on any atom is 0.339 e. The van der Waals surface area contributed by atoms with Gasteiger partial charge in [-0.2, -0.15) is 8.42 Å². The van der Waals surface area contributed by atoms with Crippen LogP contribution < -0.4 is 19.7 Å². The predicted octanol–water partition coefficient (Wildman–Crippen LogP) is 5.37. The van der Waals surface area contributed by atoms with Crippen LogP contribution in [0.2, 0.25) is 0 Å². The summed E-state index contributed by atoms with van der Waals surface area (Å²) in [7, 11) is -4.20. The lowest BCUT2D eigenvalue weighted by Crippen LogP contribution is -2.50. The van der Waals surface area contributed by atoms with Crippen molar-refractivity contribution in [1.82, 2.24) is 10.2 Å². The van der Waals surface area contributed by atoms with Gasteiger partial charge in [0.1, 0.15) is 10.6 Å². The summed E-state index contributed by atoms with van der Waals surface area (Å²) in [5, 5.41) is 5.62. The molecule has 0 bridgehead atoms. The number of hydrogen-bond acceptors (Lipinski definition) is 6. The highest BCUT2D eigenvalue weighted by molar-refractivity contribution is 7.87. The van der Waals surface area contributed by atoms with E-state index in [0.717, 1.165) is 25.2 Å². The highest BCUT2D eigenvalue weighted by Gasteiger charge is 2.26. The molecule has 2 aromatic carbocycles. The molecule has 0 spiro atoms. The number of amides is 3. The molecule has 1 atom stereocenters. The monoisotopic (exact) mass is 546 g/mol. The van der Waals surface area contributed by atoms with E-state index in [0.29, 0.717) is 11.3 Å². The summed E-state index contributed by atoms with van der Waals surface area (Å²) in [6, 6.07) is 10.9. The second-order valence-corrected chi connectivity index (χ2v) is 11.8. The van der Waals surface area contributed by atoms with Gasteiger partial charge < -0.3 is 24.6 Å². The van der Waals surface area contributed by atoms with Crippen LogP contribution in [0.5, 0.6) is 5.75 Å². The van der Waals surface area contributed by atoms with Crippen LogP contribution in [0.15, 0.2) is 47.4 Å². The van der Waals surface area contributed by atoms with Crippen molar-refractivity contribution in [3.8, 4) is 5.75 Å². The van der Waals surface area contributed by atoms with Crippen LogP contribution in [0.3, 0.4) is 0 Å². The molecule has 0 saturated carbocycles. The Bertz CT molecular complexity index is 1200. The molecule has 38 heavy (non-hydrogen) atoms. The van der Waals surface area contributed by atoms with Gasteiger partial charge in [-0.15, -0.1) is 0 Å². The van der Waals surface area contributed by atoms with E-state index in [9.17, 15) is 18.0 Å². The number of nitrogens with one attached hydrogen (secondary N) is 2. The Morgan fingerprint density at radius 1 is 1.00 bits per heavy atom. The van der Waals surface area contributed by atoms with Crippen LogP contribution in [0.25, 0.3) is 0 Å². The Balaban J connectivity index is 2.51. The Morgan fingerprint density at radius 3 is 2.11 bits per heavy atom. The smallest absolute Gasteiger partial charge is 0.339 e. The molecular formula is C28H42N4O5S.